The third-order valence-corrected chi connectivity index (χ3v) is 7.05. The van der Waals surface area contributed by atoms with Crippen molar-refractivity contribution in [2.75, 3.05) is 13.2 Å². The monoisotopic (exact) mass is 522 g/mol. The summed E-state index contributed by atoms with van der Waals surface area (Å²) in [5, 5.41) is 13.7. The van der Waals surface area contributed by atoms with Crippen LogP contribution in [0, 0.1) is 0 Å². The van der Waals surface area contributed by atoms with Gasteiger partial charge in [-0.1, -0.05) is 67.6 Å². The van der Waals surface area contributed by atoms with Crippen LogP contribution in [0.1, 0.15) is 41.9 Å². The molecule has 9 heteroatoms. The Morgan fingerprint density at radius 1 is 0.923 bits per heavy atom. The van der Waals surface area contributed by atoms with Crippen LogP contribution in [-0.2, 0) is 19.6 Å². The molecule has 1 aliphatic rings. The van der Waals surface area contributed by atoms with Crippen LogP contribution in [0.15, 0.2) is 83.7 Å². The number of benzene rings is 3. The fourth-order valence-corrected chi connectivity index (χ4v) is 5.14. The molecule has 1 unspecified atom stereocenters. The van der Waals surface area contributed by atoms with Gasteiger partial charge in [0.15, 0.2) is 17.3 Å². The molecule has 0 fully saturated rings. The van der Waals surface area contributed by atoms with Gasteiger partial charge in [0.05, 0.1) is 18.1 Å². The molecule has 0 saturated carbocycles. The first-order valence-corrected chi connectivity index (χ1v) is 13.2. The molecule has 6 rings (SSSR count). The number of nitrogens with zero attached hydrogens (tertiary/aromatic N) is 5. The van der Waals surface area contributed by atoms with Crippen LogP contribution in [0.5, 0.6) is 11.5 Å². The minimum absolute atomic E-state index is 0.112. The Hall–Kier alpha value is -4.50. The van der Waals surface area contributed by atoms with E-state index in [9.17, 15) is 4.79 Å². The molecule has 1 atom stereocenters. The quantitative estimate of drug-likeness (QED) is 0.305. The number of fused-ring (bicyclic) bond motifs is 2. The second-order valence-electron chi connectivity index (χ2n) is 9.70. The van der Waals surface area contributed by atoms with Crippen LogP contribution in [0.2, 0.25) is 0 Å². The van der Waals surface area contributed by atoms with Gasteiger partial charge < -0.3 is 14.5 Å². The third kappa shape index (κ3) is 5.39. The number of aromatic amines is 1. The minimum atomic E-state index is -0.129. The minimum Gasteiger partial charge on any atom is -0.486 e. The van der Waals surface area contributed by atoms with Crippen molar-refractivity contribution in [2.24, 2.45) is 0 Å². The zero-order valence-electron chi connectivity index (χ0n) is 21.8. The molecular formula is C30H30N6O3. The van der Waals surface area contributed by atoms with Gasteiger partial charge in [-0.2, -0.15) is 0 Å². The van der Waals surface area contributed by atoms with Crippen molar-refractivity contribution in [3.05, 3.63) is 112 Å². The number of hydrogen-bond donors (Lipinski definition) is 1. The van der Waals surface area contributed by atoms with Crippen LogP contribution in [-0.4, -0.2) is 43.3 Å². The number of tetrazole rings is 1. The highest BCUT2D eigenvalue weighted by molar-refractivity contribution is 5.83. The highest BCUT2D eigenvalue weighted by atomic mass is 16.6. The second-order valence-corrected chi connectivity index (χ2v) is 9.70. The lowest BCUT2D eigenvalue weighted by molar-refractivity contribution is 0.161. The van der Waals surface area contributed by atoms with Gasteiger partial charge in [0.25, 0.3) is 5.56 Å². The van der Waals surface area contributed by atoms with Gasteiger partial charge in [0, 0.05) is 30.1 Å². The highest BCUT2D eigenvalue weighted by Crippen LogP contribution is 2.34. The molecule has 0 amide bonds. The molecule has 198 valence electrons. The molecule has 0 saturated heterocycles. The summed E-state index contributed by atoms with van der Waals surface area (Å²) >= 11 is 0. The molecule has 0 bridgehead atoms. The van der Waals surface area contributed by atoms with E-state index in [1.165, 1.54) is 0 Å². The lowest BCUT2D eigenvalue weighted by atomic mass is 10.1. The van der Waals surface area contributed by atoms with Crippen molar-refractivity contribution in [1.29, 1.82) is 0 Å². The molecule has 9 nitrogen and oxygen atoms in total. The van der Waals surface area contributed by atoms with Gasteiger partial charge in [0.1, 0.15) is 13.2 Å². The van der Waals surface area contributed by atoms with Gasteiger partial charge in [-0.05, 0) is 40.1 Å². The summed E-state index contributed by atoms with van der Waals surface area (Å²) in [6, 6.07) is 26.0. The second kappa shape index (κ2) is 11.1. The molecule has 3 aromatic carbocycles. The van der Waals surface area contributed by atoms with Crippen molar-refractivity contribution in [3.8, 4) is 11.5 Å². The van der Waals surface area contributed by atoms with Crippen molar-refractivity contribution in [3.63, 3.8) is 0 Å². The molecular weight excluding hydrogens is 492 g/mol. The Bertz CT molecular complexity index is 1620. The fraction of sp³-hybridized carbons (Fsp3) is 0.267. The Labute approximate surface area is 226 Å². The third-order valence-electron chi connectivity index (χ3n) is 7.05. The Morgan fingerprint density at radius 2 is 1.62 bits per heavy atom. The Kier molecular flexibility index (Phi) is 7.05. The predicted octanol–water partition coefficient (Wildman–Crippen LogP) is 4.49. The van der Waals surface area contributed by atoms with Gasteiger partial charge in [-0.25, -0.2) is 4.68 Å². The van der Waals surface area contributed by atoms with Gasteiger partial charge in [0.2, 0.25) is 0 Å². The summed E-state index contributed by atoms with van der Waals surface area (Å²) < 4.78 is 13.3. The molecule has 2 aromatic heterocycles. The molecule has 0 aliphatic carbocycles. The van der Waals surface area contributed by atoms with Crippen LogP contribution in [0.3, 0.4) is 0 Å². The number of aromatic nitrogens is 5. The maximum atomic E-state index is 13.3. The average Bonchev–Trinajstić information content (AvgIpc) is 3.41. The van der Waals surface area contributed by atoms with E-state index in [-0.39, 0.29) is 11.6 Å². The number of nitrogens with one attached hydrogen (secondary N) is 1. The first-order valence-electron chi connectivity index (χ1n) is 13.2. The summed E-state index contributed by atoms with van der Waals surface area (Å²) in [5.41, 5.74) is 3.53. The first kappa shape index (κ1) is 24.8. The summed E-state index contributed by atoms with van der Waals surface area (Å²) in [6.07, 6.45) is 0.770. The number of pyridine rings is 1. The van der Waals surface area contributed by atoms with Gasteiger partial charge in [-0.3, -0.25) is 9.69 Å². The molecule has 3 heterocycles. The normalized spacial score (nSPS) is 13.6. The zero-order valence-corrected chi connectivity index (χ0v) is 21.8. The van der Waals surface area contributed by atoms with Crippen LogP contribution in [0.25, 0.3) is 10.9 Å². The lowest BCUT2D eigenvalue weighted by Gasteiger charge is -2.30. The van der Waals surface area contributed by atoms with Crippen LogP contribution >= 0.6 is 0 Å². The van der Waals surface area contributed by atoms with E-state index in [1.807, 2.05) is 59.3 Å². The van der Waals surface area contributed by atoms with E-state index < -0.39 is 0 Å². The number of rotatable bonds is 9. The van der Waals surface area contributed by atoms with Gasteiger partial charge in [-0.15, -0.1) is 5.10 Å². The predicted molar refractivity (Wildman–Crippen MR) is 148 cm³/mol. The number of ether oxygens (including phenoxy) is 2. The summed E-state index contributed by atoms with van der Waals surface area (Å²) in [6.45, 7) is 4.76. The molecule has 1 aliphatic heterocycles. The largest absolute Gasteiger partial charge is 0.486 e. The number of hydrogen-bond acceptors (Lipinski definition) is 7. The van der Waals surface area contributed by atoms with E-state index in [0.717, 1.165) is 34.3 Å². The van der Waals surface area contributed by atoms with E-state index >= 15 is 0 Å². The van der Waals surface area contributed by atoms with E-state index in [0.29, 0.717) is 49.9 Å². The average molecular weight is 523 g/mol. The maximum Gasteiger partial charge on any atom is 0.252 e. The van der Waals surface area contributed by atoms with E-state index in [2.05, 4.69) is 56.6 Å². The SMILES string of the molecule is CCC(c1nnnn1Cc1ccccc1)N(Cc1ccccc1)Cc1cc2cc3c(cc2[nH]c1=O)OCCO3. The van der Waals surface area contributed by atoms with E-state index in [1.54, 1.807) is 0 Å². The number of H-pyrrole nitrogens is 1. The maximum absolute atomic E-state index is 13.3. The summed E-state index contributed by atoms with van der Waals surface area (Å²) in [7, 11) is 0. The lowest BCUT2D eigenvalue weighted by Crippen LogP contribution is -2.32. The van der Waals surface area contributed by atoms with Crippen molar-refractivity contribution < 1.29 is 9.47 Å². The smallest absolute Gasteiger partial charge is 0.252 e. The van der Waals surface area contributed by atoms with Gasteiger partial charge >= 0.3 is 0 Å². The molecule has 1 N–H and O–H groups in total. The summed E-state index contributed by atoms with van der Waals surface area (Å²) in [4.78, 5) is 18.6. The fourth-order valence-electron chi connectivity index (χ4n) is 5.14. The first-order chi connectivity index (χ1) is 19.2. The molecule has 5 aromatic rings. The molecule has 0 radical (unpaired) electrons. The molecule has 0 spiro atoms. The summed E-state index contributed by atoms with van der Waals surface area (Å²) in [5.74, 6) is 2.12. The van der Waals surface area contributed by atoms with Crippen molar-refractivity contribution >= 4 is 10.9 Å². The highest BCUT2D eigenvalue weighted by Gasteiger charge is 2.26. The van der Waals surface area contributed by atoms with E-state index in [4.69, 9.17) is 9.47 Å². The van der Waals surface area contributed by atoms with Crippen LogP contribution < -0.4 is 15.0 Å². The molecule has 39 heavy (non-hydrogen) atoms. The Balaban J connectivity index is 1.36. The van der Waals surface area contributed by atoms with Crippen molar-refractivity contribution in [1.82, 2.24) is 30.1 Å². The zero-order chi connectivity index (χ0) is 26.6. The topological polar surface area (TPSA) is 98.2 Å². The van der Waals surface area contributed by atoms with Crippen LogP contribution in [0.4, 0.5) is 0 Å². The Morgan fingerprint density at radius 3 is 2.33 bits per heavy atom. The standard InChI is InChI=1S/C30H30N6O3/c1-2-26(29-32-33-34-36(29)19-22-11-7-4-8-12-22)35(18-21-9-5-3-6-10-21)20-24-15-23-16-27-28(39-14-13-38-27)17-25(23)31-30(24)37/h3-12,15-17,26H,2,13-14,18-20H2,1H3,(H,31,37). The van der Waals surface area contributed by atoms with Crippen molar-refractivity contribution in [2.45, 2.75) is 39.0 Å².